The maximum absolute atomic E-state index is 12.9. The first-order valence-corrected chi connectivity index (χ1v) is 7.02. The molecule has 0 radical (unpaired) electrons. The molecular formula is C14H14F3N3O3. The summed E-state index contributed by atoms with van der Waals surface area (Å²) < 4.78 is 54.8. The SMILES string of the molecule is C#CCOc1cc(C(F)(F)F)nc(NC2CCC3COC2O3)n1. The molecule has 0 aromatic carbocycles. The monoisotopic (exact) mass is 329 g/mol. The Hall–Kier alpha value is -2.05. The number of halogens is 3. The van der Waals surface area contributed by atoms with Crippen molar-refractivity contribution in [2.24, 2.45) is 0 Å². The zero-order valence-corrected chi connectivity index (χ0v) is 12.0. The second-order valence-electron chi connectivity index (χ2n) is 5.19. The van der Waals surface area contributed by atoms with Crippen LogP contribution in [0.1, 0.15) is 18.5 Å². The van der Waals surface area contributed by atoms with Crippen LogP contribution in [0.15, 0.2) is 6.07 Å². The molecule has 2 fully saturated rings. The Morgan fingerprint density at radius 2 is 2.22 bits per heavy atom. The number of nitrogens with zero attached hydrogens (tertiary/aromatic N) is 2. The number of terminal acetylenes is 1. The minimum Gasteiger partial charge on any atom is -0.464 e. The summed E-state index contributed by atoms with van der Waals surface area (Å²) in [6, 6.07) is 0.389. The predicted molar refractivity (Wildman–Crippen MR) is 72.6 cm³/mol. The Kier molecular flexibility index (Phi) is 4.28. The van der Waals surface area contributed by atoms with Crippen molar-refractivity contribution in [1.29, 1.82) is 0 Å². The van der Waals surface area contributed by atoms with Gasteiger partial charge < -0.3 is 19.5 Å². The quantitative estimate of drug-likeness (QED) is 0.850. The molecule has 23 heavy (non-hydrogen) atoms. The van der Waals surface area contributed by atoms with Gasteiger partial charge in [0.15, 0.2) is 18.6 Å². The third-order valence-electron chi connectivity index (χ3n) is 3.51. The minimum absolute atomic E-state index is 0.0509. The van der Waals surface area contributed by atoms with Gasteiger partial charge in [0.2, 0.25) is 11.8 Å². The molecule has 9 heteroatoms. The molecule has 2 aliphatic heterocycles. The van der Waals surface area contributed by atoms with E-state index in [0.717, 1.165) is 6.42 Å². The molecule has 124 valence electrons. The Labute approximate surface area is 130 Å². The van der Waals surface area contributed by atoms with E-state index in [9.17, 15) is 13.2 Å². The molecule has 2 bridgehead atoms. The lowest BCUT2D eigenvalue weighted by molar-refractivity contribution is -0.141. The fraction of sp³-hybridized carbons (Fsp3) is 0.571. The maximum atomic E-state index is 12.9. The van der Waals surface area contributed by atoms with Crippen LogP contribution in [0.3, 0.4) is 0 Å². The third-order valence-corrected chi connectivity index (χ3v) is 3.51. The second-order valence-corrected chi connectivity index (χ2v) is 5.19. The summed E-state index contributed by atoms with van der Waals surface area (Å²) in [6.45, 7) is 0.302. The number of anilines is 1. The molecule has 6 nitrogen and oxygen atoms in total. The fourth-order valence-electron chi connectivity index (χ4n) is 2.46. The Balaban J connectivity index is 1.81. The average molecular weight is 329 g/mol. The van der Waals surface area contributed by atoms with Crippen molar-refractivity contribution in [3.8, 4) is 18.2 Å². The lowest BCUT2D eigenvalue weighted by Gasteiger charge is -2.28. The Bertz CT molecular complexity index is 618. The molecule has 3 unspecified atom stereocenters. The van der Waals surface area contributed by atoms with Gasteiger partial charge in [-0.1, -0.05) is 5.92 Å². The molecule has 0 amide bonds. The average Bonchev–Trinajstić information content (AvgIpc) is 2.90. The van der Waals surface area contributed by atoms with Crippen molar-refractivity contribution in [2.45, 2.75) is 37.5 Å². The number of aromatic nitrogens is 2. The number of rotatable bonds is 4. The molecule has 1 aromatic rings. The summed E-state index contributed by atoms with van der Waals surface area (Å²) in [5.41, 5.74) is -1.11. The number of hydrogen-bond acceptors (Lipinski definition) is 6. The van der Waals surface area contributed by atoms with Crippen LogP contribution in [0.4, 0.5) is 19.1 Å². The Morgan fingerprint density at radius 1 is 1.39 bits per heavy atom. The lowest BCUT2D eigenvalue weighted by Crippen LogP contribution is -2.39. The minimum atomic E-state index is -4.62. The number of nitrogens with one attached hydrogen (secondary N) is 1. The van der Waals surface area contributed by atoms with E-state index in [-0.39, 0.29) is 30.6 Å². The Morgan fingerprint density at radius 3 is 2.96 bits per heavy atom. The molecule has 3 atom stereocenters. The van der Waals surface area contributed by atoms with E-state index in [2.05, 4.69) is 21.2 Å². The standard InChI is InChI=1S/C14H14F3N3O3/c1-2-5-21-11-6-10(14(15,16)17)19-13(20-11)18-9-4-3-8-7-22-12(9)23-8/h1,6,8-9,12H,3-5,7H2,(H,18,19,20). The molecular weight excluding hydrogens is 315 g/mol. The van der Waals surface area contributed by atoms with Crippen LogP contribution < -0.4 is 10.1 Å². The van der Waals surface area contributed by atoms with Crippen LogP contribution in [0.25, 0.3) is 0 Å². The van der Waals surface area contributed by atoms with E-state index in [1.807, 2.05) is 0 Å². The van der Waals surface area contributed by atoms with Crippen molar-refractivity contribution >= 4 is 5.95 Å². The van der Waals surface area contributed by atoms with Gasteiger partial charge in [-0.3, -0.25) is 0 Å². The zero-order chi connectivity index (χ0) is 16.4. The van der Waals surface area contributed by atoms with Gasteiger partial charge in [0, 0.05) is 6.07 Å². The molecule has 3 heterocycles. The molecule has 2 saturated heterocycles. The van der Waals surface area contributed by atoms with Gasteiger partial charge >= 0.3 is 6.18 Å². The number of ether oxygens (including phenoxy) is 3. The predicted octanol–water partition coefficient (Wildman–Crippen LogP) is 1.82. The molecule has 1 N–H and O–H groups in total. The largest absolute Gasteiger partial charge is 0.464 e. The first-order chi connectivity index (χ1) is 11.0. The highest BCUT2D eigenvalue weighted by atomic mass is 19.4. The fourth-order valence-corrected chi connectivity index (χ4v) is 2.46. The van der Waals surface area contributed by atoms with Gasteiger partial charge in [-0.2, -0.15) is 18.2 Å². The van der Waals surface area contributed by atoms with Gasteiger partial charge in [0.25, 0.3) is 0 Å². The zero-order valence-electron chi connectivity index (χ0n) is 12.0. The highest BCUT2D eigenvalue weighted by Gasteiger charge is 2.39. The normalized spacial score (nSPS) is 26.6. The van der Waals surface area contributed by atoms with E-state index < -0.39 is 18.2 Å². The molecule has 2 aliphatic rings. The third kappa shape index (κ3) is 3.65. The van der Waals surface area contributed by atoms with E-state index >= 15 is 0 Å². The van der Waals surface area contributed by atoms with E-state index in [1.165, 1.54) is 0 Å². The van der Waals surface area contributed by atoms with Crippen molar-refractivity contribution < 1.29 is 27.4 Å². The second kappa shape index (κ2) is 6.22. The van der Waals surface area contributed by atoms with Crippen LogP contribution in [-0.4, -0.2) is 41.6 Å². The summed E-state index contributed by atoms with van der Waals surface area (Å²) in [7, 11) is 0. The van der Waals surface area contributed by atoms with Gasteiger partial charge in [-0.05, 0) is 12.8 Å². The van der Waals surface area contributed by atoms with Gasteiger partial charge in [0.05, 0.1) is 18.8 Å². The van der Waals surface area contributed by atoms with Crippen LogP contribution in [0, 0.1) is 12.3 Å². The molecule has 0 saturated carbocycles. The number of alkyl halides is 3. The van der Waals surface area contributed by atoms with Gasteiger partial charge in [-0.25, -0.2) is 4.98 Å². The maximum Gasteiger partial charge on any atom is 0.433 e. The van der Waals surface area contributed by atoms with Crippen molar-refractivity contribution in [2.75, 3.05) is 18.5 Å². The van der Waals surface area contributed by atoms with Crippen molar-refractivity contribution in [3.05, 3.63) is 11.8 Å². The topological polar surface area (TPSA) is 65.5 Å². The highest BCUT2D eigenvalue weighted by molar-refractivity contribution is 5.33. The number of fused-ring (bicyclic) bond motifs is 2. The first kappa shape index (κ1) is 15.8. The van der Waals surface area contributed by atoms with Crippen LogP contribution in [-0.2, 0) is 15.7 Å². The van der Waals surface area contributed by atoms with Crippen LogP contribution in [0.2, 0.25) is 0 Å². The molecule has 3 rings (SSSR count). The summed E-state index contributed by atoms with van der Waals surface area (Å²) >= 11 is 0. The summed E-state index contributed by atoms with van der Waals surface area (Å²) in [4.78, 5) is 7.41. The summed E-state index contributed by atoms with van der Waals surface area (Å²) in [6.07, 6.45) is 1.41. The molecule has 0 aliphatic carbocycles. The van der Waals surface area contributed by atoms with Crippen LogP contribution >= 0.6 is 0 Å². The van der Waals surface area contributed by atoms with Crippen LogP contribution in [0.5, 0.6) is 5.88 Å². The molecule has 1 aromatic heterocycles. The molecule has 0 spiro atoms. The summed E-state index contributed by atoms with van der Waals surface area (Å²) in [5.74, 6) is 1.73. The van der Waals surface area contributed by atoms with Crippen molar-refractivity contribution in [3.63, 3.8) is 0 Å². The van der Waals surface area contributed by atoms with E-state index in [0.29, 0.717) is 19.1 Å². The van der Waals surface area contributed by atoms with Crippen molar-refractivity contribution in [1.82, 2.24) is 9.97 Å². The smallest absolute Gasteiger partial charge is 0.433 e. The van der Waals surface area contributed by atoms with E-state index in [4.69, 9.17) is 20.6 Å². The summed E-state index contributed by atoms with van der Waals surface area (Å²) in [5, 5.41) is 2.83. The number of hydrogen-bond donors (Lipinski definition) is 1. The first-order valence-electron chi connectivity index (χ1n) is 7.02. The van der Waals surface area contributed by atoms with E-state index in [1.54, 1.807) is 0 Å². The van der Waals surface area contributed by atoms with Gasteiger partial charge in [0.1, 0.15) is 0 Å². The highest BCUT2D eigenvalue weighted by Crippen LogP contribution is 2.32. The van der Waals surface area contributed by atoms with Gasteiger partial charge in [-0.15, -0.1) is 6.42 Å². The lowest BCUT2D eigenvalue weighted by atomic mass is 10.1.